The van der Waals surface area contributed by atoms with Gasteiger partial charge < -0.3 is 14.7 Å². The molecule has 4 heterocycles. The highest BCUT2D eigenvalue weighted by molar-refractivity contribution is 5.75. The van der Waals surface area contributed by atoms with E-state index in [4.69, 9.17) is 4.52 Å². The van der Waals surface area contributed by atoms with Crippen molar-refractivity contribution in [2.45, 2.75) is 57.0 Å². The monoisotopic (exact) mass is 341 g/mol. The van der Waals surface area contributed by atoms with Gasteiger partial charge in [0.05, 0.1) is 0 Å². The van der Waals surface area contributed by atoms with E-state index in [1.807, 2.05) is 17.0 Å². The molecule has 2 bridgehead atoms. The fourth-order valence-electron chi connectivity index (χ4n) is 4.05. The zero-order chi connectivity index (χ0) is 17.2. The molecule has 3 atom stereocenters. The van der Waals surface area contributed by atoms with Crippen LogP contribution in [0.15, 0.2) is 29.0 Å². The minimum absolute atomic E-state index is 0.0794. The SMILES string of the molecule is CCCNC(=O)N1[C@@H]2CC[C@H]1CC(c1nc(-c3ccncc3)no1)C2. The molecule has 7 heteroatoms. The fraction of sp³-hybridized carbons (Fsp3) is 0.556. The van der Waals surface area contributed by atoms with Crippen molar-refractivity contribution >= 4 is 6.03 Å². The molecule has 25 heavy (non-hydrogen) atoms. The minimum atomic E-state index is 0.0794. The Morgan fingerprint density at radius 3 is 2.68 bits per heavy atom. The van der Waals surface area contributed by atoms with Gasteiger partial charge in [0.1, 0.15) is 0 Å². The van der Waals surface area contributed by atoms with E-state index < -0.39 is 0 Å². The number of hydrogen-bond acceptors (Lipinski definition) is 5. The first-order valence-corrected chi connectivity index (χ1v) is 9.06. The van der Waals surface area contributed by atoms with Gasteiger partial charge in [-0.15, -0.1) is 0 Å². The van der Waals surface area contributed by atoms with Gasteiger partial charge in [0.2, 0.25) is 11.7 Å². The van der Waals surface area contributed by atoms with E-state index in [2.05, 4.69) is 27.4 Å². The van der Waals surface area contributed by atoms with Gasteiger partial charge in [-0.3, -0.25) is 4.98 Å². The molecule has 2 fully saturated rings. The Bertz CT molecular complexity index is 718. The molecule has 1 unspecified atom stereocenters. The molecule has 4 rings (SSSR count). The molecule has 2 aliphatic rings. The molecule has 0 aromatic carbocycles. The first-order valence-electron chi connectivity index (χ1n) is 9.06. The quantitative estimate of drug-likeness (QED) is 0.924. The summed E-state index contributed by atoms with van der Waals surface area (Å²) in [5.74, 6) is 1.53. The zero-order valence-corrected chi connectivity index (χ0v) is 14.4. The summed E-state index contributed by atoms with van der Waals surface area (Å²) in [7, 11) is 0. The van der Waals surface area contributed by atoms with Crippen molar-refractivity contribution in [3.8, 4) is 11.4 Å². The molecule has 0 aliphatic carbocycles. The van der Waals surface area contributed by atoms with Crippen molar-refractivity contribution < 1.29 is 9.32 Å². The summed E-state index contributed by atoms with van der Waals surface area (Å²) < 4.78 is 5.54. The average molecular weight is 341 g/mol. The standard InChI is InChI=1S/C18H23N5O2/c1-2-7-20-18(24)23-14-3-4-15(23)11-13(10-14)17-21-16(22-25-17)12-5-8-19-9-6-12/h5-6,8-9,13-15H,2-4,7,10-11H2,1H3,(H,20,24)/t13?,14-,15+. The Hall–Kier alpha value is -2.44. The van der Waals surface area contributed by atoms with E-state index in [-0.39, 0.29) is 24.0 Å². The zero-order valence-electron chi connectivity index (χ0n) is 14.4. The van der Waals surface area contributed by atoms with Gasteiger partial charge in [-0.05, 0) is 44.2 Å². The Balaban J connectivity index is 1.46. The maximum absolute atomic E-state index is 12.4. The van der Waals surface area contributed by atoms with E-state index in [1.165, 1.54) is 0 Å². The summed E-state index contributed by atoms with van der Waals surface area (Å²) in [6.07, 6.45) is 8.31. The normalized spacial score (nSPS) is 25.2. The summed E-state index contributed by atoms with van der Waals surface area (Å²) in [5.41, 5.74) is 0.907. The van der Waals surface area contributed by atoms with Gasteiger partial charge in [0, 0.05) is 42.5 Å². The largest absolute Gasteiger partial charge is 0.339 e. The summed E-state index contributed by atoms with van der Waals surface area (Å²) in [6, 6.07) is 4.38. The number of fused-ring (bicyclic) bond motifs is 2. The smallest absolute Gasteiger partial charge is 0.317 e. The number of hydrogen-bond donors (Lipinski definition) is 1. The van der Waals surface area contributed by atoms with Crippen molar-refractivity contribution in [1.29, 1.82) is 0 Å². The molecule has 2 aliphatic heterocycles. The van der Waals surface area contributed by atoms with E-state index >= 15 is 0 Å². The lowest BCUT2D eigenvalue weighted by molar-refractivity contribution is 0.130. The van der Waals surface area contributed by atoms with Crippen molar-refractivity contribution in [2.75, 3.05) is 6.54 Å². The predicted molar refractivity (Wildman–Crippen MR) is 91.8 cm³/mol. The van der Waals surface area contributed by atoms with Crippen LogP contribution in [0.2, 0.25) is 0 Å². The van der Waals surface area contributed by atoms with Gasteiger partial charge >= 0.3 is 6.03 Å². The summed E-state index contributed by atoms with van der Waals surface area (Å²) in [5, 5.41) is 7.13. The number of aromatic nitrogens is 3. The summed E-state index contributed by atoms with van der Waals surface area (Å²) >= 11 is 0. The molecule has 2 aromatic heterocycles. The first-order chi connectivity index (χ1) is 12.3. The second-order valence-corrected chi connectivity index (χ2v) is 6.88. The van der Waals surface area contributed by atoms with Crippen LogP contribution in [0.5, 0.6) is 0 Å². The lowest BCUT2D eigenvalue weighted by atomic mass is 9.91. The molecule has 1 N–H and O–H groups in total. The van der Waals surface area contributed by atoms with E-state index in [1.54, 1.807) is 12.4 Å². The molecule has 0 spiro atoms. The van der Waals surface area contributed by atoms with Crippen molar-refractivity contribution in [3.05, 3.63) is 30.4 Å². The molecular formula is C18H23N5O2. The first kappa shape index (κ1) is 16.1. The van der Waals surface area contributed by atoms with Crippen LogP contribution >= 0.6 is 0 Å². The number of carbonyl (C=O) groups is 1. The van der Waals surface area contributed by atoms with Crippen molar-refractivity contribution in [1.82, 2.24) is 25.3 Å². The van der Waals surface area contributed by atoms with Crippen LogP contribution in [0.1, 0.15) is 50.8 Å². The number of piperidine rings is 1. The number of rotatable bonds is 4. The van der Waals surface area contributed by atoms with Gasteiger partial charge in [0.25, 0.3) is 0 Å². The number of carbonyl (C=O) groups excluding carboxylic acids is 1. The number of pyridine rings is 1. The Kier molecular flexibility index (Phi) is 4.38. The van der Waals surface area contributed by atoms with Gasteiger partial charge in [0.15, 0.2) is 0 Å². The van der Waals surface area contributed by atoms with Gasteiger partial charge in [-0.25, -0.2) is 4.79 Å². The molecule has 2 saturated heterocycles. The third-order valence-electron chi connectivity index (χ3n) is 5.22. The number of nitrogens with one attached hydrogen (secondary N) is 1. The van der Waals surface area contributed by atoms with Crippen LogP contribution in [0, 0.1) is 0 Å². The Labute approximate surface area is 146 Å². The summed E-state index contributed by atoms with van der Waals surface area (Å²) in [6.45, 7) is 2.80. The molecule has 0 saturated carbocycles. The Morgan fingerprint density at radius 1 is 1.28 bits per heavy atom. The third-order valence-corrected chi connectivity index (χ3v) is 5.22. The van der Waals surface area contributed by atoms with Gasteiger partial charge in [-0.2, -0.15) is 4.98 Å². The number of amides is 2. The van der Waals surface area contributed by atoms with E-state index in [0.717, 1.165) is 44.2 Å². The number of nitrogens with zero attached hydrogens (tertiary/aromatic N) is 4. The highest BCUT2D eigenvalue weighted by Crippen LogP contribution is 2.42. The lowest BCUT2D eigenvalue weighted by Crippen LogP contribution is -2.50. The molecule has 7 nitrogen and oxygen atoms in total. The molecule has 132 valence electrons. The van der Waals surface area contributed by atoms with Gasteiger partial charge in [-0.1, -0.05) is 12.1 Å². The highest BCUT2D eigenvalue weighted by Gasteiger charge is 2.45. The maximum Gasteiger partial charge on any atom is 0.317 e. The van der Waals surface area contributed by atoms with Crippen LogP contribution < -0.4 is 5.32 Å². The molecular weight excluding hydrogens is 318 g/mol. The van der Waals surface area contributed by atoms with Crippen LogP contribution in [-0.4, -0.2) is 44.7 Å². The van der Waals surface area contributed by atoms with E-state index in [0.29, 0.717) is 11.7 Å². The summed E-state index contributed by atoms with van der Waals surface area (Å²) in [4.78, 5) is 23.1. The van der Waals surface area contributed by atoms with Crippen LogP contribution in [-0.2, 0) is 0 Å². The third kappa shape index (κ3) is 3.10. The Morgan fingerprint density at radius 2 is 2.00 bits per heavy atom. The lowest BCUT2D eigenvalue weighted by Gasteiger charge is -2.37. The minimum Gasteiger partial charge on any atom is -0.339 e. The predicted octanol–water partition coefficient (Wildman–Crippen LogP) is 2.96. The van der Waals surface area contributed by atoms with E-state index in [9.17, 15) is 4.79 Å². The highest BCUT2D eigenvalue weighted by atomic mass is 16.5. The second-order valence-electron chi connectivity index (χ2n) is 6.88. The van der Waals surface area contributed by atoms with Crippen molar-refractivity contribution in [2.24, 2.45) is 0 Å². The maximum atomic E-state index is 12.4. The van der Waals surface area contributed by atoms with Crippen LogP contribution in [0.3, 0.4) is 0 Å². The van der Waals surface area contributed by atoms with Crippen molar-refractivity contribution in [3.63, 3.8) is 0 Å². The molecule has 2 amide bonds. The van der Waals surface area contributed by atoms with Crippen LogP contribution in [0.25, 0.3) is 11.4 Å². The second kappa shape index (κ2) is 6.82. The average Bonchev–Trinajstić information content (AvgIpc) is 3.24. The number of urea groups is 1. The fourth-order valence-corrected chi connectivity index (χ4v) is 4.05. The topological polar surface area (TPSA) is 84.2 Å². The molecule has 0 radical (unpaired) electrons. The molecule has 2 aromatic rings. The van der Waals surface area contributed by atoms with Crippen LogP contribution in [0.4, 0.5) is 4.79 Å².